The fourth-order valence-corrected chi connectivity index (χ4v) is 2.10. The summed E-state index contributed by atoms with van der Waals surface area (Å²) in [5.41, 5.74) is -1.53. The van der Waals surface area contributed by atoms with Gasteiger partial charge in [-0.1, -0.05) is 0 Å². The molecular weight excluding hydrogens is 346 g/mol. The predicted octanol–water partition coefficient (Wildman–Crippen LogP) is 0.281. The summed E-state index contributed by atoms with van der Waals surface area (Å²) in [6.07, 6.45) is 1.99. The topological polar surface area (TPSA) is 125 Å². The van der Waals surface area contributed by atoms with Crippen molar-refractivity contribution in [3.8, 4) is 0 Å². The Balaban J connectivity index is 2.80. The number of aromatic nitrogens is 2. The van der Waals surface area contributed by atoms with Gasteiger partial charge in [-0.05, 0) is 16.8 Å². The van der Waals surface area contributed by atoms with E-state index in [1.54, 1.807) is 0 Å². The monoisotopic (exact) mass is 357 g/mol. The Hall–Kier alpha value is -1.04. The number of halogens is 1. The molecule has 0 bridgehead atoms. The first-order valence-corrected chi connectivity index (χ1v) is 7.55. The average Bonchev–Trinajstić information content (AvgIpc) is 2.56. The van der Waals surface area contributed by atoms with E-state index in [0.717, 1.165) is 12.5 Å². The highest BCUT2D eigenvalue weighted by molar-refractivity contribution is 9.10. The Bertz CT molecular complexity index is 581. The molecule has 1 aromatic rings. The van der Waals surface area contributed by atoms with E-state index >= 15 is 0 Å². The minimum Gasteiger partial charge on any atom is -0.386 e. The van der Waals surface area contributed by atoms with Gasteiger partial charge >= 0.3 is 5.82 Å². The lowest BCUT2D eigenvalue weighted by Crippen LogP contribution is -2.36. The molecular formula is C8H12BrN3O6S. The molecule has 11 heteroatoms. The van der Waals surface area contributed by atoms with Crippen molar-refractivity contribution >= 4 is 31.9 Å². The standard InChI is InChI=1S/C8H12BrN3O6S/c1-8(13,5-18-19(2,16)17)4-11-3-6(12(14)15)10-7(11)9/h3,13H,4-5H2,1-2H3. The number of imidazole rings is 1. The molecule has 0 radical (unpaired) electrons. The smallest absolute Gasteiger partial charge is 0.382 e. The zero-order chi connectivity index (χ0) is 14.8. The van der Waals surface area contributed by atoms with Crippen LogP contribution in [-0.4, -0.2) is 46.5 Å². The van der Waals surface area contributed by atoms with Crippen LogP contribution >= 0.6 is 15.9 Å². The minimum atomic E-state index is -3.67. The van der Waals surface area contributed by atoms with Gasteiger partial charge in [-0.3, -0.25) is 8.75 Å². The Kier molecular flexibility index (Phi) is 4.66. The van der Waals surface area contributed by atoms with E-state index in [0.29, 0.717) is 0 Å². The maximum Gasteiger partial charge on any atom is 0.382 e. The molecule has 0 aromatic carbocycles. The third kappa shape index (κ3) is 5.22. The Labute approximate surface area is 117 Å². The van der Waals surface area contributed by atoms with Crippen LogP contribution in [0, 0.1) is 10.1 Å². The molecule has 0 saturated heterocycles. The Morgan fingerprint density at radius 2 is 2.26 bits per heavy atom. The predicted molar refractivity (Wildman–Crippen MR) is 68.0 cm³/mol. The number of aliphatic hydroxyl groups is 1. The van der Waals surface area contributed by atoms with Crippen molar-refractivity contribution in [2.24, 2.45) is 0 Å². The first-order chi connectivity index (χ1) is 8.50. The van der Waals surface area contributed by atoms with E-state index in [4.69, 9.17) is 0 Å². The summed E-state index contributed by atoms with van der Waals surface area (Å²) in [5, 5.41) is 20.5. The lowest BCUT2D eigenvalue weighted by molar-refractivity contribution is -0.389. The van der Waals surface area contributed by atoms with E-state index in [1.807, 2.05) is 0 Å². The quantitative estimate of drug-likeness (QED) is 0.440. The van der Waals surface area contributed by atoms with Gasteiger partial charge in [-0.25, -0.2) is 0 Å². The lowest BCUT2D eigenvalue weighted by atomic mass is 10.1. The summed E-state index contributed by atoms with van der Waals surface area (Å²) in [5.74, 6) is -0.383. The third-order valence-electron chi connectivity index (χ3n) is 2.00. The molecule has 1 rings (SSSR count). The number of hydrogen-bond acceptors (Lipinski definition) is 7. The molecule has 108 valence electrons. The summed E-state index contributed by atoms with van der Waals surface area (Å²) in [6, 6.07) is 0. The molecule has 9 nitrogen and oxygen atoms in total. The molecule has 1 unspecified atom stereocenters. The Morgan fingerprint density at radius 1 is 1.68 bits per heavy atom. The van der Waals surface area contributed by atoms with Gasteiger partial charge in [0.05, 0.1) is 19.4 Å². The van der Waals surface area contributed by atoms with Crippen LogP contribution in [0.15, 0.2) is 10.9 Å². The first kappa shape index (κ1) is 16.0. The number of rotatable bonds is 6. The van der Waals surface area contributed by atoms with Crippen LogP contribution in [0.5, 0.6) is 0 Å². The van der Waals surface area contributed by atoms with Gasteiger partial charge in [0.2, 0.25) is 0 Å². The molecule has 1 atom stereocenters. The van der Waals surface area contributed by atoms with Crippen molar-refractivity contribution in [3.63, 3.8) is 0 Å². The van der Waals surface area contributed by atoms with Crippen LogP contribution in [0.2, 0.25) is 0 Å². The van der Waals surface area contributed by atoms with E-state index < -0.39 is 27.2 Å². The molecule has 19 heavy (non-hydrogen) atoms. The number of nitro groups is 1. The molecule has 0 aliphatic rings. The molecule has 1 N–H and O–H groups in total. The Morgan fingerprint density at radius 3 is 2.68 bits per heavy atom. The largest absolute Gasteiger partial charge is 0.386 e. The highest BCUT2D eigenvalue weighted by Gasteiger charge is 2.27. The van der Waals surface area contributed by atoms with Gasteiger partial charge in [0.1, 0.15) is 11.8 Å². The molecule has 0 fully saturated rings. The van der Waals surface area contributed by atoms with E-state index in [1.165, 1.54) is 11.5 Å². The molecule has 0 aliphatic heterocycles. The summed E-state index contributed by atoms with van der Waals surface area (Å²) in [6.45, 7) is 0.755. The zero-order valence-corrected chi connectivity index (χ0v) is 12.5. The van der Waals surface area contributed by atoms with Gasteiger partial charge in [-0.2, -0.15) is 8.42 Å². The highest BCUT2D eigenvalue weighted by Crippen LogP contribution is 2.19. The normalized spacial score (nSPS) is 15.2. The van der Waals surface area contributed by atoms with E-state index in [9.17, 15) is 23.6 Å². The van der Waals surface area contributed by atoms with Crippen molar-refractivity contribution in [2.75, 3.05) is 12.9 Å². The fraction of sp³-hybridized carbons (Fsp3) is 0.625. The number of hydrogen-bond donors (Lipinski definition) is 1. The van der Waals surface area contributed by atoms with E-state index in [2.05, 4.69) is 25.1 Å². The van der Waals surface area contributed by atoms with Crippen molar-refractivity contribution in [1.29, 1.82) is 0 Å². The maximum atomic E-state index is 10.8. The summed E-state index contributed by atoms with van der Waals surface area (Å²) in [7, 11) is -3.67. The second-order valence-corrected chi connectivity index (χ2v) is 6.57. The van der Waals surface area contributed by atoms with Gasteiger partial charge in [0.25, 0.3) is 14.9 Å². The molecule has 1 heterocycles. The molecule has 0 aliphatic carbocycles. The van der Waals surface area contributed by atoms with Crippen molar-refractivity contribution in [2.45, 2.75) is 19.1 Å². The third-order valence-corrected chi connectivity index (χ3v) is 3.18. The minimum absolute atomic E-state index is 0.121. The lowest BCUT2D eigenvalue weighted by Gasteiger charge is -2.22. The highest BCUT2D eigenvalue weighted by atomic mass is 79.9. The van der Waals surface area contributed by atoms with Crippen LogP contribution < -0.4 is 0 Å². The zero-order valence-electron chi connectivity index (χ0n) is 10.1. The van der Waals surface area contributed by atoms with Crippen LogP contribution in [0.3, 0.4) is 0 Å². The number of nitrogens with zero attached hydrogens (tertiary/aromatic N) is 3. The van der Waals surface area contributed by atoms with Crippen molar-refractivity contribution in [1.82, 2.24) is 9.55 Å². The van der Waals surface area contributed by atoms with Gasteiger partial charge < -0.3 is 15.2 Å². The van der Waals surface area contributed by atoms with Gasteiger partial charge in [0.15, 0.2) is 0 Å². The van der Waals surface area contributed by atoms with Crippen molar-refractivity contribution in [3.05, 3.63) is 21.0 Å². The van der Waals surface area contributed by atoms with Crippen LogP contribution in [0.1, 0.15) is 6.92 Å². The first-order valence-electron chi connectivity index (χ1n) is 4.94. The second-order valence-electron chi connectivity index (χ2n) is 4.22. The van der Waals surface area contributed by atoms with Gasteiger partial charge in [-0.15, -0.1) is 0 Å². The molecule has 1 aromatic heterocycles. The summed E-state index contributed by atoms with van der Waals surface area (Å²) in [4.78, 5) is 13.5. The summed E-state index contributed by atoms with van der Waals surface area (Å²) < 4.78 is 27.6. The molecule has 0 saturated carbocycles. The molecule has 0 spiro atoms. The van der Waals surface area contributed by atoms with Crippen LogP contribution in [-0.2, 0) is 20.8 Å². The average molecular weight is 358 g/mol. The summed E-state index contributed by atoms with van der Waals surface area (Å²) >= 11 is 3.01. The van der Waals surface area contributed by atoms with Crippen LogP contribution in [0.4, 0.5) is 5.82 Å². The van der Waals surface area contributed by atoms with Crippen LogP contribution in [0.25, 0.3) is 0 Å². The SMILES string of the molecule is CC(O)(COS(C)(=O)=O)Cn1cc([N+](=O)[O-])nc1Br. The molecule has 0 amide bonds. The maximum absolute atomic E-state index is 10.8. The fourth-order valence-electron chi connectivity index (χ4n) is 1.23. The van der Waals surface area contributed by atoms with Crippen molar-refractivity contribution < 1.29 is 22.6 Å². The second kappa shape index (κ2) is 5.53. The van der Waals surface area contributed by atoms with Gasteiger partial charge in [0, 0.05) is 15.9 Å². The van der Waals surface area contributed by atoms with E-state index in [-0.39, 0.29) is 17.1 Å².